The predicted molar refractivity (Wildman–Crippen MR) is 62.1 cm³/mol. The Morgan fingerprint density at radius 3 is 2.60 bits per heavy atom. The molecule has 2 aromatic rings. The highest BCUT2D eigenvalue weighted by Crippen LogP contribution is 2.34. The quantitative estimate of drug-likeness (QED) is 0.873. The van der Waals surface area contributed by atoms with Crippen LogP contribution in [0.1, 0.15) is 11.4 Å². The van der Waals surface area contributed by atoms with Gasteiger partial charge in [-0.3, -0.25) is 0 Å². The smallest absolute Gasteiger partial charge is 0.351 e. The molecule has 0 saturated heterocycles. The van der Waals surface area contributed by atoms with Gasteiger partial charge in [-0.25, -0.2) is 19.4 Å². The highest BCUT2D eigenvalue weighted by atomic mass is 19.4. The van der Waals surface area contributed by atoms with Crippen LogP contribution in [0.25, 0.3) is 5.82 Å². The number of nitrogens with one attached hydrogen (secondary N) is 1. The zero-order valence-electron chi connectivity index (χ0n) is 10.1. The number of rotatable bonds is 2. The Bertz CT molecular complexity index is 651. The monoisotopic (exact) mass is 286 g/mol. The first-order chi connectivity index (χ1) is 9.27. The number of hydrogen-bond acceptors (Lipinski definition) is 4. The molecule has 3 N–H and O–H groups in total. The van der Waals surface area contributed by atoms with E-state index in [0.29, 0.717) is 5.82 Å². The van der Waals surface area contributed by atoms with Crippen LogP contribution in [0.5, 0.6) is 0 Å². The number of aromatic nitrogens is 4. The van der Waals surface area contributed by atoms with Crippen molar-refractivity contribution in [2.45, 2.75) is 13.1 Å². The van der Waals surface area contributed by atoms with Crippen LogP contribution in [0.4, 0.5) is 23.7 Å². The highest BCUT2D eigenvalue weighted by Gasteiger charge is 2.35. The summed E-state index contributed by atoms with van der Waals surface area (Å²) in [5.41, 5.74) is 3.63. The van der Waals surface area contributed by atoms with Crippen LogP contribution >= 0.6 is 0 Å². The predicted octanol–water partition coefficient (Wildman–Crippen LogP) is 1.48. The minimum atomic E-state index is -4.67. The summed E-state index contributed by atoms with van der Waals surface area (Å²) >= 11 is 0. The molecule has 0 radical (unpaired) electrons. The fourth-order valence-corrected chi connectivity index (χ4v) is 1.51. The van der Waals surface area contributed by atoms with E-state index in [-0.39, 0.29) is 5.69 Å². The summed E-state index contributed by atoms with van der Waals surface area (Å²) in [5.74, 6) is -0.132. The number of primary amides is 1. The lowest BCUT2D eigenvalue weighted by atomic mass is 10.2. The second-order valence-electron chi connectivity index (χ2n) is 3.82. The van der Waals surface area contributed by atoms with Gasteiger partial charge < -0.3 is 11.1 Å². The molecule has 2 amide bonds. The van der Waals surface area contributed by atoms with E-state index >= 15 is 0 Å². The Balaban J connectivity index is 2.54. The molecule has 0 saturated carbocycles. The van der Waals surface area contributed by atoms with Crippen molar-refractivity contribution in [3.63, 3.8) is 0 Å². The van der Waals surface area contributed by atoms with E-state index in [1.54, 1.807) is 0 Å². The van der Waals surface area contributed by atoms with Crippen LogP contribution in [0, 0.1) is 6.92 Å². The SMILES string of the molecule is Cc1ncn(-c2ncc(NC(N)=O)cc2C(F)(F)F)n1. The van der Waals surface area contributed by atoms with Crippen LogP contribution in [-0.2, 0) is 6.18 Å². The van der Waals surface area contributed by atoms with Gasteiger partial charge in [0.2, 0.25) is 0 Å². The molecule has 0 unspecified atom stereocenters. The number of aryl methyl sites for hydroxylation is 1. The average Bonchev–Trinajstić information content (AvgIpc) is 2.74. The zero-order chi connectivity index (χ0) is 14.9. The standard InChI is InChI=1S/C10H9F3N6O/c1-5-16-4-19(18-5)8-7(10(11,12)13)2-6(3-15-8)17-9(14)20/h2-4H,1H3,(H3,14,17,20). The lowest BCUT2D eigenvalue weighted by Crippen LogP contribution is -2.21. The van der Waals surface area contributed by atoms with E-state index in [2.05, 4.69) is 15.1 Å². The van der Waals surface area contributed by atoms with Gasteiger partial charge in [-0.15, -0.1) is 0 Å². The third kappa shape index (κ3) is 2.84. The fourth-order valence-electron chi connectivity index (χ4n) is 1.51. The summed E-state index contributed by atoms with van der Waals surface area (Å²) in [6.07, 6.45) is -2.50. The number of hydrogen-bond donors (Lipinski definition) is 2. The zero-order valence-corrected chi connectivity index (χ0v) is 10.1. The number of carbonyl (C=O) groups excluding carboxylic acids is 1. The molecule has 2 heterocycles. The maximum absolute atomic E-state index is 13.0. The van der Waals surface area contributed by atoms with E-state index in [1.807, 2.05) is 5.32 Å². The molecule has 0 fully saturated rings. The highest BCUT2D eigenvalue weighted by molar-refractivity contribution is 5.87. The largest absolute Gasteiger partial charge is 0.420 e. The fraction of sp³-hybridized carbons (Fsp3) is 0.200. The summed E-state index contributed by atoms with van der Waals surface area (Å²) in [4.78, 5) is 18.1. The molecule has 0 bridgehead atoms. The summed E-state index contributed by atoms with van der Waals surface area (Å²) in [7, 11) is 0. The molecule has 10 heteroatoms. The molecule has 0 aromatic carbocycles. The normalized spacial score (nSPS) is 11.4. The lowest BCUT2D eigenvalue weighted by Gasteiger charge is -2.13. The minimum Gasteiger partial charge on any atom is -0.351 e. The van der Waals surface area contributed by atoms with Crippen molar-refractivity contribution < 1.29 is 18.0 Å². The van der Waals surface area contributed by atoms with Gasteiger partial charge in [0.25, 0.3) is 0 Å². The third-order valence-electron chi connectivity index (χ3n) is 2.26. The molecule has 7 nitrogen and oxygen atoms in total. The maximum Gasteiger partial charge on any atom is 0.420 e. The Morgan fingerprint density at radius 2 is 2.10 bits per heavy atom. The lowest BCUT2D eigenvalue weighted by molar-refractivity contribution is -0.137. The molecule has 0 aliphatic heterocycles. The Labute approximate surface area is 110 Å². The van der Waals surface area contributed by atoms with Crippen LogP contribution < -0.4 is 11.1 Å². The van der Waals surface area contributed by atoms with E-state index < -0.39 is 23.6 Å². The summed E-state index contributed by atoms with van der Waals surface area (Å²) < 4.78 is 39.9. The van der Waals surface area contributed by atoms with Crippen LogP contribution in [0.3, 0.4) is 0 Å². The number of pyridine rings is 1. The molecule has 2 aromatic heterocycles. The third-order valence-corrected chi connectivity index (χ3v) is 2.26. The number of nitrogens with zero attached hydrogens (tertiary/aromatic N) is 4. The Kier molecular flexibility index (Phi) is 3.30. The molecule has 0 aliphatic rings. The van der Waals surface area contributed by atoms with Gasteiger partial charge in [-0.05, 0) is 13.0 Å². The van der Waals surface area contributed by atoms with E-state index in [4.69, 9.17) is 5.73 Å². The number of amides is 2. The molecule has 0 aliphatic carbocycles. The number of halogens is 3. The number of alkyl halides is 3. The topological polar surface area (TPSA) is 98.7 Å². The molecule has 20 heavy (non-hydrogen) atoms. The molecular weight excluding hydrogens is 277 g/mol. The molecule has 0 spiro atoms. The van der Waals surface area contributed by atoms with Crippen molar-refractivity contribution in [3.8, 4) is 5.82 Å². The van der Waals surface area contributed by atoms with Gasteiger partial charge in [0.15, 0.2) is 5.82 Å². The molecule has 0 atom stereocenters. The number of carbonyl (C=O) groups is 1. The Hall–Kier alpha value is -2.65. The van der Waals surface area contributed by atoms with E-state index in [9.17, 15) is 18.0 Å². The van der Waals surface area contributed by atoms with Crippen molar-refractivity contribution in [1.82, 2.24) is 19.7 Å². The number of urea groups is 1. The molecule has 2 rings (SSSR count). The van der Waals surface area contributed by atoms with Crippen molar-refractivity contribution in [3.05, 3.63) is 30.0 Å². The number of anilines is 1. The van der Waals surface area contributed by atoms with Crippen LogP contribution in [0.2, 0.25) is 0 Å². The van der Waals surface area contributed by atoms with Gasteiger partial charge in [0.1, 0.15) is 17.7 Å². The first-order valence-corrected chi connectivity index (χ1v) is 5.29. The van der Waals surface area contributed by atoms with Gasteiger partial charge in [0.05, 0.1) is 11.9 Å². The first-order valence-electron chi connectivity index (χ1n) is 5.29. The van der Waals surface area contributed by atoms with Crippen molar-refractivity contribution in [2.24, 2.45) is 5.73 Å². The molecular formula is C10H9F3N6O. The van der Waals surface area contributed by atoms with Gasteiger partial charge >= 0.3 is 12.2 Å². The van der Waals surface area contributed by atoms with Crippen LogP contribution in [0.15, 0.2) is 18.6 Å². The molecule has 106 valence electrons. The second-order valence-corrected chi connectivity index (χ2v) is 3.82. The second kappa shape index (κ2) is 4.79. The maximum atomic E-state index is 13.0. The Morgan fingerprint density at radius 1 is 1.40 bits per heavy atom. The van der Waals surface area contributed by atoms with Crippen LogP contribution in [-0.4, -0.2) is 25.8 Å². The van der Waals surface area contributed by atoms with E-state index in [0.717, 1.165) is 23.3 Å². The summed E-state index contributed by atoms with van der Waals surface area (Å²) in [5, 5.41) is 5.81. The number of nitrogens with two attached hydrogens (primary N) is 1. The van der Waals surface area contributed by atoms with Crippen molar-refractivity contribution in [1.29, 1.82) is 0 Å². The summed E-state index contributed by atoms with van der Waals surface area (Å²) in [6, 6.07) is -0.256. The van der Waals surface area contributed by atoms with Crippen molar-refractivity contribution in [2.75, 3.05) is 5.32 Å². The van der Waals surface area contributed by atoms with E-state index in [1.165, 1.54) is 6.92 Å². The first kappa shape index (κ1) is 13.8. The van der Waals surface area contributed by atoms with Gasteiger partial charge in [-0.2, -0.15) is 18.3 Å². The minimum absolute atomic E-state index is 0.162. The van der Waals surface area contributed by atoms with Gasteiger partial charge in [0, 0.05) is 0 Å². The average molecular weight is 286 g/mol. The van der Waals surface area contributed by atoms with Gasteiger partial charge in [-0.1, -0.05) is 0 Å². The summed E-state index contributed by atoms with van der Waals surface area (Å²) in [6.45, 7) is 1.53. The van der Waals surface area contributed by atoms with Crippen molar-refractivity contribution >= 4 is 11.7 Å².